The van der Waals surface area contributed by atoms with Crippen LogP contribution in [0.3, 0.4) is 0 Å². The number of aromatic nitrogens is 2. The van der Waals surface area contributed by atoms with Crippen molar-refractivity contribution in [3.8, 4) is 11.5 Å². The number of piperidine rings is 1. The van der Waals surface area contributed by atoms with Gasteiger partial charge in [-0.05, 0) is 31.0 Å². The molecule has 1 N–H and O–H groups in total. The molecule has 1 saturated heterocycles. The highest BCUT2D eigenvalue weighted by molar-refractivity contribution is 5.95. The molecule has 2 amide bonds. The molecule has 0 saturated carbocycles. The zero-order chi connectivity index (χ0) is 17.9. The molecular formula is C18H18N4O4. The lowest BCUT2D eigenvalue weighted by Crippen LogP contribution is -2.46. The number of hydrogen-bond acceptors (Lipinski definition) is 6. The van der Waals surface area contributed by atoms with Gasteiger partial charge in [0.1, 0.15) is 5.69 Å². The van der Waals surface area contributed by atoms with E-state index < -0.39 is 0 Å². The Kier molecular flexibility index (Phi) is 4.39. The fourth-order valence-corrected chi connectivity index (χ4v) is 3.11. The fraction of sp³-hybridized carbons (Fsp3) is 0.333. The number of benzene rings is 1. The minimum absolute atomic E-state index is 0.0188. The molecule has 0 bridgehead atoms. The van der Waals surface area contributed by atoms with E-state index in [4.69, 9.17) is 9.47 Å². The number of hydrogen-bond donors (Lipinski definition) is 1. The average molecular weight is 354 g/mol. The van der Waals surface area contributed by atoms with Crippen LogP contribution in [-0.2, 0) is 0 Å². The van der Waals surface area contributed by atoms with E-state index in [0.29, 0.717) is 48.7 Å². The number of nitrogens with one attached hydrogen (secondary N) is 1. The minimum atomic E-state index is -0.237. The maximum atomic E-state index is 12.7. The summed E-state index contributed by atoms with van der Waals surface area (Å²) in [5, 5.41) is 2.95. The lowest BCUT2D eigenvalue weighted by molar-refractivity contribution is 0.0697. The van der Waals surface area contributed by atoms with Crippen molar-refractivity contribution in [1.82, 2.24) is 20.2 Å². The largest absolute Gasteiger partial charge is 0.454 e. The Morgan fingerprint density at radius 1 is 1.12 bits per heavy atom. The first kappa shape index (κ1) is 16.3. The van der Waals surface area contributed by atoms with Crippen LogP contribution >= 0.6 is 0 Å². The van der Waals surface area contributed by atoms with Gasteiger partial charge >= 0.3 is 0 Å². The number of carbonyl (C=O) groups is 2. The number of fused-ring (bicyclic) bond motifs is 1. The quantitative estimate of drug-likeness (QED) is 0.891. The fourth-order valence-electron chi connectivity index (χ4n) is 3.11. The predicted octanol–water partition coefficient (Wildman–Crippen LogP) is 1.24. The van der Waals surface area contributed by atoms with E-state index in [1.165, 1.54) is 18.6 Å². The third kappa shape index (κ3) is 3.30. The van der Waals surface area contributed by atoms with Crippen molar-refractivity contribution in [1.29, 1.82) is 0 Å². The summed E-state index contributed by atoms with van der Waals surface area (Å²) in [6, 6.07) is 5.23. The van der Waals surface area contributed by atoms with Crippen LogP contribution in [0.15, 0.2) is 36.8 Å². The van der Waals surface area contributed by atoms with E-state index in [0.717, 1.165) is 0 Å². The first-order chi connectivity index (χ1) is 12.7. The van der Waals surface area contributed by atoms with Crippen molar-refractivity contribution >= 4 is 11.8 Å². The normalized spacial score (nSPS) is 16.4. The third-order valence-corrected chi connectivity index (χ3v) is 4.53. The highest BCUT2D eigenvalue weighted by Gasteiger charge is 2.26. The molecule has 8 heteroatoms. The van der Waals surface area contributed by atoms with Gasteiger partial charge in [-0.25, -0.2) is 4.98 Å². The van der Waals surface area contributed by atoms with Crippen molar-refractivity contribution in [3.63, 3.8) is 0 Å². The Bertz CT molecular complexity index is 819. The second-order valence-corrected chi connectivity index (χ2v) is 6.20. The Balaban J connectivity index is 1.33. The van der Waals surface area contributed by atoms with Crippen molar-refractivity contribution in [2.75, 3.05) is 19.9 Å². The molecule has 0 unspecified atom stereocenters. The maximum absolute atomic E-state index is 12.7. The van der Waals surface area contributed by atoms with Crippen LogP contribution in [-0.4, -0.2) is 52.6 Å². The van der Waals surface area contributed by atoms with Crippen molar-refractivity contribution in [3.05, 3.63) is 48.0 Å². The summed E-state index contributed by atoms with van der Waals surface area (Å²) < 4.78 is 10.6. The number of amides is 2. The molecule has 0 radical (unpaired) electrons. The molecule has 1 fully saturated rings. The van der Waals surface area contributed by atoms with Gasteiger partial charge in [0.05, 0.1) is 6.20 Å². The van der Waals surface area contributed by atoms with E-state index in [2.05, 4.69) is 15.3 Å². The van der Waals surface area contributed by atoms with E-state index in [1.807, 2.05) is 0 Å². The standard InChI is InChI=1S/C18H18N4O4/c23-17(14-10-19-5-6-20-14)21-13-3-7-22(8-4-13)18(24)12-1-2-15-16(9-12)26-11-25-15/h1-2,5-6,9-10,13H,3-4,7-8,11H2,(H,21,23). The number of carbonyl (C=O) groups excluding carboxylic acids is 2. The Hall–Kier alpha value is -3.16. The van der Waals surface area contributed by atoms with Gasteiger partial charge < -0.3 is 19.7 Å². The van der Waals surface area contributed by atoms with Crippen molar-refractivity contribution in [2.45, 2.75) is 18.9 Å². The second kappa shape index (κ2) is 6.99. The van der Waals surface area contributed by atoms with E-state index in [-0.39, 0.29) is 24.6 Å². The zero-order valence-electron chi connectivity index (χ0n) is 14.1. The first-order valence-corrected chi connectivity index (χ1v) is 8.46. The monoisotopic (exact) mass is 354 g/mol. The molecule has 2 aliphatic rings. The van der Waals surface area contributed by atoms with Gasteiger partial charge in [0.2, 0.25) is 6.79 Å². The first-order valence-electron chi connectivity index (χ1n) is 8.46. The SMILES string of the molecule is O=C(NC1CCN(C(=O)c2ccc3c(c2)OCO3)CC1)c1cnccn1. The highest BCUT2D eigenvalue weighted by Crippen LogP contribution is 2.33. The third-order valence-electron chi connectivity index (χ3n) is 4.53. The van der Waals surface area contributed by atoms with Gasteiger partial charge in [-0.1, -0.05) is 0 Å². The molecule has 1 aromatic carbocycles. The molecule has 0 spiro atoms. The number of nitrogens with zero attached hydrogens (tertiary/aromatic N) is 3. The molecule has 134 valence electrons. The molecular weight excluding hydrogens is 336 g/mol. The van der Waals surface area contributed by atoms with Crippen LogP contribution in [0.5, 0.6) is 11.5 Å². The Morgan fingerprint density at radius 3 is 2.69 bits per heavy atom. The summed E-state index contributed by atoms with van der Waals surface area (Å²) in [6.45, 7) is 1.35. The van der Waals surface area contributed by atoms with Crippen LogP contribution in [0, 0.1) is 0 Å². The van der Waals surface area contributed by atoms with Crippen molar-refractivity contribution < 1.29 is 19.1 Å². The molecule has 2 aromatic rings. The second-order valence-electron chi connectivity index (χ2n) is 6.20. The predicted molar refractivity (Wildman–Crippen MR) is 91.0 cm³/mol. The molecule has 26 heavy (non-hydrogen) atoms. The summed E-state index contributed by atoms with van der Waals surface area (Å²) in [5.41, 5.74) is 0.877. The lowest BCUT2D eigenvalue weighted by atomic mass is 10.0. The van der Waals surface area contributed by atoms with Crippen LogP contribution < -0.4 is 14.8 Å². The smallest absolute Gasteiger partial charge is 0.271 e. The van der Waals surface area contributed by atoms with E-state index in [1.54, 1.807) is 23.1 Å². The Labute approximate surface area is 150 Å². The number of ether oxygens (including phenoxy) is 2. The summed E-state index contributed by atoms with van der Waals surface area (Å²) in [4.78, 5) is 34.5. The molecule has 8 nitrogen and oxygen atoms in total. The minimum Gasteiger partial charge on any atom is -0.454 e. The molecule has 2 aliphatic heterocycles. The molecule has 4 rings (SSSR count). The average Bonchev–Trinajstić information content (AvgIpc) is 3.16. The summed E-state index contributed by atoms with van der Waals surface area (Å²) >= 11 is 0. The lowest BCUT2D eigenvalue weighted by Gasteiger charge is -2.32. The molecule has 0 aliphatic carbocycles. The number of rotatable bonds is 3. The van der Waals surface area contributed by atoms with Gasteiger partial charge in [0, 0.05) is 37.1 Å². The van der Waals surface area contributed by atoms with E-state index >= 15 is 0 Å². The number of likely N-dealkylation sites (tertiary alicyclic amines) is 1. The highest BCUT2D eigenvalue weighted by atomic mass is 16.7. The van der Waals surface area contributed by atoms with Gasteiger partial charge in [0.25, 0.3) is 11.8 Å². The van der Waals surface area contributed by atoms with Gasteiger partial charge in [-0.3, -0.25) is 14.6 Å². The summed E-state index contributed by atoms with van der Waals surface area (Å²) in [7, 11) is 0. The molecule has 1 aromatic heterocycles. The van der Waals surface area contributed by atoms with Crippen LogP contribution in [0.1, 0.15) is 33.7 Å². The maximum Gasteiger partial charge on any atom is 0.271 e. The van der Waals surface area contributed by atoms with Crippen LogP contribution in [0.2, 0.25) is 0 Å². The van der Waals surface area contributed by atoms with Gasteiger partial charge in [-0.2, -0.15) is 0 Å². The topological polar surface area (TPSA) is 93.7 Å². The van der Waals surface area contributed by atoms with Crippen molar-refractivity contribution in [2.24, 2.45) is 0 Å². The van der Waals surface area contributed by atoms with E-state index in [9.17, 15) is 9.59 Å². The van der Waals surface area contributed by atoms with Gasteiger partial charge in [-0.15, -0.1) is 0 Å². The van der Waals surface area contributed by atoms with Crippen LogP contribution in [0.4, 0.5) is 0 Å². The van der Waals surface area contributed by atoms with Crippen LogP contribution in [0.25, 0.3) is 0 Å². The summed E-state index contributed by atoms with van der Waals surface area (Å²) in [6.07, 6.45) is 5.84. The Morgan fingerprint density at radius 2 is 1.92 bits per heavy atom. The zero-order valence-corrected chi connectivity index (χ0v) is 14.1. The molecule has 0 atom stereocenters. The van der Waals surface area contributed by atoms with Gasteiger partial charge in [0.15, 0.2) is 11.5 Å². The molecule has 3 heterocycles. The summed E-state index contributed by atoms with van der Waals surface area (Å²) in [5.74, 6) is 0.981.